The number of nitrogens with one attached hydrogen (secondary N) is 1. The summed E-state index contributed by atoms with van der Waals surface area (Å²) in [4.78, 5) is 16.1. The third kappa shape index (κ3) is 2.70. The van der Waals surface area contributed by atoms with E-state index in [-0.39, 0.29) is 17.4 Å². The Bertz CT molecular complexity index is 898. The van der Waals surface area contributed by atoms with Crippen molar-refractivity contribution in [3.8, 4) is 11.1 Å². The Balaban J connectivity index is 1.71. The molecule has 3 nitrogen and oxygen atoms in total. The normalized spacial score (nSPS) is 14.2. The number of carbonyl (C=O) groups is 1. The molecule has 23 heavy (non-hydrogen) atoms. The lowest BCUT2D eigenvalue weighted by atomic mass is 10.0. The van der Waals surface area contributed by atoms with Gasteiger partial charge in [0.15, 0.2) is 5.13 Å². The van der Waals surface area contributed by atoms with Gasteiger partial charge in [0.25, 0.3) is 0 Å². The van der Waals surface area contributed by atoms with E-state index >= 15 is 0 Å². The van der Waals surface area contributed by atoms with Gasteiger partial charge in [-0.1, -0.05) is 23.5 Å². The molecule has 4 rings (SSSR count). The maximum absolute atomic E-state index is 13.9. The SMILES string of the molecule is O=C(Nc1nc2ccc(-c3c(F)cccc3F)cc2s1)C1CC1. The smallest absolute Gasteiger partial charge is 0.229 e. The molecule has 1 N–H and O–H groups in total. The fourth-order valence-corrected chi connectivity index (χ4v) is 3.37. The number of hydrogen-bond acceptors (Lipinski definition) is 3. The molecule has 0 radical (unpaired) electrons. The number of amides is 1. The summed E-state index contributed by atoms with van der Waals surface area (Å²) >= 11 is 1.30. The molecule has 0 atom stereocenters. The van der Waals surface area contributed by atoms with Crippen LogP contribution in [0.3, 0.4) is 0 Å². The third-order valence-corrected chi connectivity index (χ3v) is 4.75. The number of hydrogen-bond donors (Lipinski definition) is 1. The molecule has 0 saturated heterocycles. The van der Waals surface area contributed by atoms with Gasteiger partial charge < -0.3 is 5.32 Å². The van der Waals surface area contributed by atoms with Crippen LogP contribution in [-0.2, 0) is 4.79 Å². The van der Waals surface area contributed by atoms with E-state index in [1.165, 1.54) is 29.5 Å². The van der Waals surface area contributed by atoms with Crippen molar-refractivity contribution in [2.24, 2.45) is 5.92 Å². The zero-order valence-corrected chi connectivity index (χ0v) is 12.8. The molecule has 6 heteroatoms. The summed E-state index contributed by atoms with van der Waals surface area (Å²) in [6.07, 6.45) is 1.85. The fourth-order valence-electron chi connectivity index (χ4n) is 2.46. The number of nitrogens with zero attached hydrogens (tertiary/aromatic N) is 1. The first-order valence-electron chi connectivity index (χ1n) is 7.27. The molecule has 0 aliphatic heterocycles. The van der Waals surface area contributed by atoms with Crippen LogP contribution >= 0.6 is 11.3 Å². The predicted molar refractivity (Wildman–Crippen MR) is 86.3 cm³/mol. The average Bonchev–Trinajstić information content (AvgIpc) is 3.28. The zero-order chi connectivity index (χ0) is 16.0. The van der Waals surface area contributed by atoms with Gasteiger partial charge in [-0.2, -0.15) is 0 Å². The molecule has 0 spiro atoms. The van der Waals surface area contributed by atoms with Gasteiger partial charge in [0.1, 0.15) is 11.6 Å². The van der Waals surface area contributed by atoms with Gasteiger partial charge in [-0.25, -0.2) is 13.8 Å². The number of benzene rings is 2. The Morgan fingerprint density at radius 3 is 2.61 bits per heavy atom. The van der Waals surface area contributed by atoms with Crippen LogP contribution in [0.2, 0.25) is 0 Å². The first-order valence-corrected chi connectivity index (χ1v) is 8.09. The first-order chi connectivity index (χ1) is 11.1. The van der Waals surface area contributed by atoms with Crippen molar-refractivity contribution in [2.45, 2.75) is 12.8 Å². The Morgan fingerprint density at radius 2 is 1.91 bits per heavy atom. The monoisotopic (exact) mass is 330 g/mol. The Labute approximate surface area is 135 Å². The van der Waals surface area contributed by atoms with Crippen LogP contribution in [0.1, 0.15) is 12.8 Å². The fraction of sp³-hybridized carbons (Fsp3) is 0.176. The molecule has 1 aromatic heterocycles. The summed E-state index contributed by atoms with van der Waals surface area (Å²) in [5, 5.41) is 3.31. The molecule has 0 bridgehead atoms. The van der Waals surface area contributed by atoms with E-state index in [1.807, 2.05) is 0 Å². The molecule has 2 aromatic carbocycles. The van der Waals surface area contributed by atoms with E-state index in [2.05, 4.69) is 10.3 Å². The number of thiazole rings is 1. The lowest BCUT2D eigenvalue weighted by molar-refractivity contribution is -0.117. The van der Waals surface area contributed by atoms with Crippen LogP contribution in [-0.4, -0.2) is 10.9 Å². The standard InChI is InChI=1S/C17H12F2N2OS/c18-11-2-1-3-12(19)15(11)10-6-7-13-14(8-10)23-17(20-13)21-16(22)9-4-5-9/h1-3,6-9H,4-5H2,(H,20,21,22). The zero-order valence-electron chi connectivity index (χ0n) is 12.0. The molecule has 1 heterocycles. The van der Waals surface area contributed by atoms with Crippen molar-refractivity contribution < 1.29 is 13.6 Å². The van der Waals surface area contributed by atoms with Crippen molar-refractivity contribution in [3.05, 3.63) is 48.0 Å². The number of anilines is 1. The summed E-state index contributed by atoms with van der Waals surface area (Å²) in [5.41, 5.74) is 1.10. The van der Waals surface area contributed by atoms with E-state index in [1.54, 1.807) is 18.2 Å². The molecule has 1 aliphatic carbocycles. The van der Waals surface area contributed by atoms with Gasteiger partial charge in [0.2, 0.25) is 5.91 Å². The van der Waals surface area contributed by atoms with Crippen molar-refractivity contribution in [3.63, 3.8) is 0 Å². The van der Waals surface area contributed by atoms with Gasteiger partial charge in [-0.3, -0.25) is 4.79 Å². The lowest BCUT2D eigenvalue weighted by Gasteiger charge is -2.04. The van der Waals surface area contributed by atoms with E-state index in [9.17, 15) is 13.6 Å². The predicted octanol–water partition coefficient (Wildman–Crippen LogP) is 4.59. The summed E-state index contributed by atoms with van der Waals surface area (Å²) in [5.74, 6) is -1.11. The lowest BCUT2D eigenvalue weighted by Crippen LogP contribution is -2.12. The minimum absolute atomic E-state index is 0.00979. The van der Waals surface area contributed by atoms with E-state index < -0.39 is 11.6 Å². The van der Waals surface area contributed by atoms with E-state index in [0.717, 1.165) is 17.5 Å². The Morgan fingerprint density at radius 1 is 1.17 bits per heavy atom. The van der Waals surface area contributed by atoms with Crippen LogP contribution in [0, 0.1) is 17.6 Å². The van der Waals surface area contributed by atoms with Gasteiger partial charge in [-0.05, 0) is 42.7 Å². The van der Waals surface area contributed by atoms with Gasteiger partial charge in [0.05, 0.1) is 15.8 Å². The summed E-state index contributed by atoms with van der Waals surface area (Å²) < 4.78 is 28.6. The van der Waals surface area contributed by atoms with Gasteiger partial charge in [0, 0.05) is 5.92 Å². The van der Waals surface area contributed by atoms with Crippen molar-refractivity contribution in [2.75, 3.05) is 5.32 Å². The molecule has 116 valence electrons. The van der Waals surface area contributed by atoms with Crippen LogP contribution < -0.4 is 5.32 Å². The number of carbonyl (C=O) groups excluding carboxylic acids is 1. The van der Waals surface area contributed by atoms with Crippen molar-refractivity contribution in [1.82, 2.24) is 4.98 Å². The highest BCUT2D eigenvalue weighted by Gasteiger charge is 2.30. The quantitative estimate of drug-likeness (QED) is 0.763. The topological polar surface area (TPSA) is 42.0 Å². The second kappa shape index (κ2) is 5.38. The highest BCUT2D eigenvalue weighted by atomic mass is 32.1. The number of rotatable bonds is 3. The van der Waals surface area contributed by atoms with Crippen LogP contribution in [0.25, 0.3) is 21.3 Å². The van der Waals surface area contributed by atoms with Crippen molar-refractivity contribution >= 4 is 32.6 Å². The number of fused-ring (bicyclic) bond motifs is 1. The summed E-state index contributed by atoms with van der Waals surface area (Å²) in [6.45, 7) is 0. The van der Waals surface area contributed by atoms with E-state index in [4.69, 9.17) is 0 Å². The number of aromatic nitrogens is 1. The maximum atomic E-state index is 13.9. The maximum Gasteiger partial charge on any atom is 0.229 e. The minimum Gasteiger partial charge on any atom is -0.302 e. The molecule has 0 unspecified atom stereocenters. The molecule has 1 amide bonds. The van der Waals surface area contributed by atoms with Gasteiger partial charge in [-0.15, -0.1) is 0 Å². The first kappa shape index (κ1) is 14.3. The molecule has 3 aromatic rings. The summed E-state index contributed by atoms with van der Waals surface area (Å²) in [7, 11) is 0. The highest BCUT2D eigenvalue weighted by Crippen LogP contribution is 2.34. The van der Waals surface area contributed by atoms with Crippen LogP contribution in [0.5, 0.6) is 0 Å². The highest BCUT2D eigenvalue weighted by molar-refractivity contribution is 7.22. The number of halogens is 2. The second-order valence-corrected chi connectivity index (χ2v) is 6.59. The molecular weight excluding hydrogens is 318 g/mol. The second-order valence-electron chi connectivity index (χ2n) is 5.56. The molecule has 1 fully saturated rings. The van der Waals surface area contributed by atoms with Crippen LogP contribution in [0.4, 0.5) is 13.9 Å². The average molecular weight is 330 g/mol. The van der Waals surface area contributed by atoms with Gasteiger partial charge >= 0.3 is 0 Å². The Kier molecular flexibility index (Phi) is 3.34. The molecular formula is C17H12F2N2OS. The minimum atomic E-state index is -0.601. The molecule has 1 saturated carbocycles. The Hall–Kier alpha value is -2.34. The van der Waals surface area contributed by atoms with Crippen LogP contribution in [0.15, 0.2) is 36.4 Å². The third-order valence-electron chi connectivity index (χ3n) is 3.82. The van der Waals surface area contributed by atoms with E-state index in [0.29, 0.717) is 16.2 Å². The summed E-state index contributed by atoms with van der Waals surface area (Å²) in [6, 6.07) is 8.84. The van der Waals surface area contributed by atoms with Crippen molar-refractivity contribution in [1.29, 1.82) is 0 Å². The molecule has 1 aliphatic rings. The largest absolute Gasteiger partial charge is 0.302 e.